The Morgan fingerprint density at radius 2 is 1.56 bits per heavy atom. The van der Waals surface area contributed by atoms with E-state index in [1.165, 1.54) is 54.6 Å². The van der Waals surface area contributed by atoms with Gasteiger partial charge in [-0.2, -0.15) is 0 Å². The third-order valence-electron chi connectivity index (χ3n) is 3.35. The van der Waals surface area contributed by atoms with Crippen molar-refractivity contribution in [2.75, 3.05) is 5.32 Å². The number of carbonyl (C=O) groups is 3. The predicted molar refractivity (Wildman–Crippen MR) is 97.1 cm³/mol. The van der Waals surface area contributed by atoms with E-state index in [1.807, 2.05) is 0 Å². The molecule has 2 aromatic rings. The van der Waals surface area contributed by atoms with E-state index >= 15 is 0 Å². The van der Waals surface area contributed by atoms with Crippen molar-refractivity contribution in [2.45, 2.75) is 0 Å². The van der Waals surface area contributed by atoms with Crippen molar-refractivity contribution in [3.05, 3.63) is 65.7 Å². The minimum absolute atomic E-state index is 0.206. The van der Waals surface area contributed by atoms with Gasteiger partial charge in [-0.05, 0) is 48.0 Å². The molecule has 8 heteroatoms. The average molecular weight is 369 g/mol. The predicted octanol–water partition coefficient (Wildman–Crippen LogP) is 2.30. The fourth-order valence-corrected chi connectivity index (χ4v) is 1.99. The Labute approximate surface area is 153 Å². The molecule has 0 aliphatic carbocycles. The van der Waals surface area contributed by atoms with E-state index in [9.17, 15) is 29.7 Å². The Bertz CT molecular complexity index is 943. The summed E-state index contributed by atoms with van der Waals surface area (Å²) < 4.78 is 0. The number of aliphatic hydroxyl groups excluding tert-OH is 1. The Balaban J connectivity index is 2.02. The molecule has 0 radical (unpaired) electrons. The molecular formula is C19H15NO7. The van der Waals surface area contributed by atoms with Crippen LogP contribution < -0.4 is 5.32 Å². The quantitative estimate of drug-likeness (QED) is 0.227. The van der Waals surface area contributed by atoms with Crippen molar-refractivity contribution in [3.63, 3.8) is 0 Å². The molecule has 0 saturated carbocycles. The van der Waals surface area contributed by atoms with E-state index in [0.717, 1.165) is 0 Å². The van der Waals surface area contributed by atoms with Crippen LogP contribution in [0.3, 0.4) is 0 Å². The summed E-state index contributed by atoms with van der Waals surface area (Å²) >= 11 is 0. The zero-order valence-corrected chi connectivity index (χ0v) is 13.8. The molecule has 0 heterocycles. The first kappa shape index (κ1) is 19.3. The number of hydrogen-bond acceptors (Lipinski definition) is 6. The fourth-order valence-electron chi connectivity index (χ4n) is 1.99. The van der Waals surface area contributed by atoms with Crippen LogP contribution in [0.5, 0.6) is 11.5 Å². The molecule has 0 fully saturated rings. The molecule has 0 aliphatic heterocycles. The highest BCUT2D eigenvalue weighted by molar-refractivity contribution is 6.38. The van der Waals surface area contributed by atoms with Gasteiger partial charge in [-0.1, -0.05) is 6.07 Å². The maximum atomic E-state index is 11.9. The molecular weight excluding hydrogens is 354 g/mol. The maximum Gasteiger partial charge on any atom is 0.376 e. The number of amides is 1. The maximum absolute atomic E-state index is 11.9. The number of aromatic hydroxyl groups is 2. The van der Waals surface area contributed by atoms with E-state index in [4.69, 9.17) is 5.11 Å². The van der Waals surface area contributed by atoms with Gasteiger partial charge in [0.2, 0.25) is 5.91 Å². The average Bonchev–Trinajstić information content (AvgIpc) is 2.63. The topological polar surface area (TPSA) is 144 Å². The van der Waals surface area contributed by atoms with Crippen molar-refractivity contribution in [1.82, 2.24) is 0 Å². The SMILES string of the molecule is O=C(/C=C/c1ccc(O)c(O)c1)Nc1ccc(C(O)=CC(=O)C(=O)O)cc1. The Morgan fingerprint density at radius 1 is 0.889 bits per heavy atom. The lowest BCUT2D eigenvalue weighted by Crippen LogP contribution is -2.09. The molecule has 0 saturated heterocycles. The lowest BCUT2D eigenvalue weighted by molar-refractivity contribution is -0.146. The molecule has 0 aliphatic rings. The van der Waals surface area contributed by atoms with Gasteiger partial charge < -0.3 is 25.7 Å². The molecule has 0 unspecified atom stereocenters. The molecule has 0 aromatic heterocycles. The van der Waals surface area contributed by atoms with E-state index in [2.05, 4.69) is 5.32 Å². The van der Waals surface area contributed by atoms with Gasteiger partial charge in [-0.15, -0.1) is 0 Å². The summed E-state index contributed by atoms with van der Waals surface area (Å²) in [5, 5.41) is 39.4. The molecule has 27 heavy (non-hydrogen) atoms. The number of carboxylic acid groups (broad SMARTS) is 1. The molecule has 5 N–H and O–H groups in total. The van der Waals surface area contributed by atoms with Gasteiger partial charge >= 0.3 is 5.97 Å². The minimum atomic E-state index is -1.68. The van der Waals surface area contributed by atoms with Gasteiger partial charge in [0.15, 0.2) is 11.5 Å². The summed E-state index contributed by atoms with van der Waals surface area (Å²) in [5.74, 6) is -4.47. The number of carbonyl (C=O) groups excluding carboxylic acids is 2. The van der Waals surface area contributed by atoms with Gasteiger partial charge in [0, 0.05) is 23.4 Å². The summed E-state index contributed by atoms with van der Waals surface area (Å²) in [6, 6.07) is 9.82. The normalized spacial score (nSPS) is 11.3. The van der Waals surface area contributed by atoms with Crippen LogP contribution >= 0.6 is 0 Å². The highest BCUT2D eigenvalue weighted by Crippen LogP contribution is 2.25. The van der Waals surface area contributed by atoms with Gasteiger partial charge in [0.1, 0.15) is 5.76 Å². The highest BCUT2D eigenvalue weighted by atomic mass is 16.4. The summed E-state index contributed by atoms with van der Waals surface area (Å²) in [4.78, 5) is 33.4. The van der Waals surface area contributed by atoms with Crippen LogP contribution in [-0.2, 0) is 14.4 Å². The largest absolute Gasteiger partial charge is 0.507 e. The standard InChI is InChI=1S/C19H15NO7/c21-14-7-1-11(9-16(14)23)2-8-18(25)20-13-5-3-12(4-6-13)15(22)10-17(24)19(26)27/h1-10,21-23H,(H,20,25)(H,26,27)/b8-2+,15-10?. The molecule has 0 spiro atoms. The van der Waals surface area contributed by atoms with E-state index in [1.54, 1.807) is 0 Å². The number of hydrogen-bond donors (Lipinski definition) is 5. The first-order valence-corrected chi connectivity index (χ1v) is 7.55. The minimum Gasteiger partial charge on any atom is -0.507 e. The second-order valence-corrected chi connectivity index (χ2v) is 5.35. The molecule has 0 atom stereocenters. The van der Waals surface area contributed by atoms with Crippen LogP contribution in [0, 0.1) is 0 Å². The lowest BCUT2D eigenvalue weighted by atomic mass is 10.1. The van der Waals surface area contributed by atoms with Gasteiger partial charge in [0.05, 0.1) is 0 Å². The molecule has 0 bridgehead atoms. The monoisotopic (exact) mass is 369 g/mol. The van der Waals surface area contributed by atoms with Crippen LogP contribution in [0.4, 0.5) is 5.69 Å². The smallest absolute Gasteiger partial charge is 0.376 e. The molecule has 2 aromatic carbocycles. The third kappa shape index (κ3) is 5.46. The fraction of sp³-hybridized carbons (Fsp3) is 0. The number of ketones is 1. The van der Waals surface area contributed by atoms with E-state index < -0.39 is 23.4 Å². The Morgan fingerprint density at radius 3 is 2.15 bits per heavy atom. The van der Waals surface area contributed by atoms with Gasteiger partial charge in [-0.3, -0.25) is 9.59 Å². The molecule has 1 amide bonds. The van der Waals surface area contributed by atoms with Crippen LogP contribution in [-0.4, -0.2) is 38.1 Å². The Kier molecular flexibility index (Phi) is 5.95. The first-order valence-electron chi connectivity index (χ1n) is 7.55. The second-order valence-electron chi connectivity index (χ2n) is 5.35. The van der Waals surface area contributed by atoms with Crippen molar-refractivity contribution >= 4 is 35.2 Å². The van der Waals surface area contributed by atoms with E-state index in [-0.39, 0.29) is 17.1 Å². The van der Waals surface area contributed by atoms with Gasteiger partial charge in [0.25, 0.3) is 5.78 Å². The second kappa shape index (κ2) is 8.34. The Hall–Kier alpha value is -4.07. The summed E-state index contributed by atoms with van der Waals surface area (Å²) in [6.07, 6.45) is 3.25. The number of nitrogens with one attached hydrogen (secondary N) is 1. The third-order valence-corrected chi connectivity index (χ3v) is 3.35. The van der Waals surface area contributed by atoms with Crippen LogP contribution in [0.15, 0.2) is 54.6 Å². The molecule has 2 rings (SSSR count). The highest BCUT2D eigenvalue weighted by Gasteiger charge is 2.10. The van der Waals surface area contributed by atoms with Crippen LogP contribution in [0.25, 0.3) is 11.8 Å². The number of aliphatic carboxylic acids is 1. The number of phenols is 2. The van der Waals surface area contributed by atoms with Crippen molar-refractivity contribution in [2.24, 2.45) is 0 Å². The zero-order valence-electron chi connectivity index (χ0n) is 13.8. The summed E-state index contributed by atoms with van der Waals surface area (Å²) in [7, 11) is 0. The van der Waals surface area contributed by atoms with Crippen molar-refractivity contribution in [1.29, 1.82) is 0 Å². The number of carboxylic acids is 1. The van der Waals surface area contributed by atoms with Crippen LogP contribution in [0.1, 0.15) is 11.1 Å². The zero-order chi connectivity index (χ0) is 20.0. The molecule has 138 valence electrons. The number of aliphatic hydroxyl groups is 1. The van der Waals surface area contributed by atoms with E-state index in [0.29, 0.717) is 17.3 Å². The number of anilines is 1. The molecule has 8 nitrogen and oxygen atoms in total. The van der Waals surface area contributed by atoms with Gasteiger partial charge in [-0.25, -0.2) is 4.79 Å². The number of phenolic OH excluding ortho intramolecular Hbond substituents is 2. The lowest BCUT2D eigenvalue weighted by Gasteiger charge is -2.04. The first-order chi connectivity index (χ1) is 12.8. The van der Waals surface area contributed by atoms with Crippen molar-refractivity contribution < 1.29 is 34.8 Å². The summed E-state index contributed by atoms with van der Waals surface area (Å²) in [5.41, 5.74) is 1.12. The summed E-state index contributed by atoms with van der Waals surface area (Å²) in [6.45, 7) is 0. The van der Waals surface area contributed by atoms with Crippen LogP contribution in [0.2, 0.25) is 0 Å². The van der Waals surface area contributed by atoms with Crippen molar-refractivity contribution in [3.8, 4) is 11.5 Å². The number of rotatable bonds is 6. The number of benzene rings is 2.